The number of hydrogen-bond acceptors (Lipinski definition) is 4. The fraction of sp³-hybridized carbons (Fsp3) is 0.462. The Bertz CT molecular complexity index is 558. The maximum absolute atomic E-state index is 12.4. The van der Waals surface area contributed by atoms with Crippen LogP contribution in [0, 0.1) is 5.92 Å². The van der Waals surface area contributed by atoms with Gasteiger partial charge >= 0.3 is 0 Å². The van der Waals surface area contributed by atoms with Crippen molar-refractivity contribution in [3.63, 3.8) is 0 Å². The molecule has 0 aliphatic heterocycles. The van der Waals surface area contributed by atoms with Gasteiger partial charge in [-0.25, -0.2) is 8.42 Å². The molecular weight excluding hydrogens is 286 g/mol. The summed E-state index contributed by atoms with van der Waals surface area (Å²) in [6, 6.07) is 5.99. The van der Waals surface area contributed by atoms with Crippen LogP contribution in [-0.4, -0.2) is 19.6 Å². The molecule has 0 amide bonds. The monoisotopic (exact) mass is 301 g/mol. The molecule has 0 saturated heterocycles. The molecule has 1 saturated carbocycles. The molecule has 0 heterocycles. The summed E-state index contributed by atoms with van der Waals surface area (Å²) in [5.41, 5.74) is 5.91. The largest absolute Gasteiger partial charge is 0.315 e. The summed E-state index contributed by atoms with van der Waals surface area (Å²) in [6.07, 6.45) is 1.95. The highest BCUT2D eigenvalue weighted by molar-refractivity contribution is 7.92. The van der Waals surface area contributed by atoms with Crippen LogP contribution in [0.1, 0.15) is 25.7 Å². The maximum atomic E-state index is 12.4. The smallest absolute Gasteiger partial charge is 0.194 e. The summed E-state index contributed by atoms with van der Waals surface area (Å²) in [4.78, 5) is 11.4. The second kappa shape index (κ2) is 5.61. The number of rotatable bonds is 3. The van der Waals surface area contributed by atoms with E-state index in [-0.39, 0.29) is 16.6 Å². The van der Waals surface area contributed by atoms with Gasteiger partial charge in [0, 0.05) is 17.9 Å². The highest BCUT2D eigenvalue weighted by Crippen LogP contribution is 2.29. The van der Waals surface area contributed by atoms with Gasteiger partial charge in [-0.05, 0) is 43.0 Å². The van der Waals surface area contributed by atoms with E-state index in [2.05, 4.69) is 0 Å². The lowest BCUT2D eigenvalue weighted by Crippen LogP contribution is -2.40. The van der Waals surface area contributed by atoms with Crippen LogP contribution in [0.2, 0.25) is 5.02 Å². The number of ketones is 1. The van der Waals surface area contributed by atoms with Gasteiger partial charge in [0.05, 0.1) is 4.90 Å². The molecule has 6 heteroatoms. The van der Waals surface area contributed by atoms with E-state index in [4.69, 9.17) is 17.3 Å². The summed E-state index contributed by atoms with van der Waals surface area (Å²) in [5, 5.41) is -0.474. The molecule has 19 heavy (non-hydrogen) atoms. The van der Waals surface area contributed by atoms with Crippen LogP contribution in [0.15, 0.2) is 29.2 Å². The van der Waals surface area contributed by atoms with Crippen molar-refractivity contribution in [2.45, 2.75) is 36.0 Å². The van der Waals surface area contributed by atoms with Crippen molar-refractivity contribution < 1.29 is 13.2 Å². The summed E-state index contributed by atoms with van der Waals surface area (Å²) in [6.45, 7) is 0. The highest BCUT2D eigenvalue weighted by Gasteiger charge is 2.33. The minimum Gasteiger partial charge on any atom is -0.315 e. The van der Waals surface area contributed by atoms with E-state index >= 15 is 0 Å². The first-order valence-electron chi connectivity index (χ1n) is 6.18. The Balaban J connectivity index is 2.19. The molecule has 4 nitrogen and oxygen atoms in total. The quantitative estimate of drug-likeness (QED) is 0.928. The first-order valence-corrected chi connectivity index (χ1v) is 8.10. The van der Waals surface area contributed by atoms with Crippen LogP contribution < -0.4 is 5.73 Å². The van der Waals surface area contributed by atoms with E-state index < -0.39 is 15.2 Å². The van der Waals surface area contributed by atoms with Gasteiger partial charge < -0.3 is 5.73 Å². The second-order valence-corrected chi connectivity index (χ2v) is 7.38. The van der Waals surface area contributed by atoms with E-state index in [9.17, 15) is 13.2 Å². The lowest BCUT2D eigenvalue weighted by Gasteiger charge is -2.26. The van der Waals surface area contributed by atoms with Gasteiger partial charge in [-0.1, -0.05) is 11.6 Å². The van der Waals surface area contributed by atoms with Crippen LogP contribution in [-0.2, 0) is 14.6 Å². The van der Waals surface area contributed by atoms with Crippen molar-refractivity contribution in [2.24, 2.45) is 11.7 Å². The SMILES string of the molecule is NC(C1CCC(=O)CC1)S(=O)(=O)c1ccc(Cl)cc1. The third-order valence-corrected chi connectivity index (χ3v) is 5.84. The van der Waals surface area contributed by atoms with Crippen molar-refractivity contribution in [1.82, 2.24) is 0 Å². The van der Waals surface area contributed by atoms with Gasteiger partial charge in [-0.3, -0.25) is 4.79 Å². The van der Waals surface area contributed by atoms with Crippen LogP contribution in [0.4, 0.5) is 0 Å². The Morgan fingerprint density at radius 1 is 1.16 bits per heavy atom. The Kier molecular flexibility index (Phi) is 4.28. The molecule has 0 radical (unpaired) electrons. The zero-order valence-corrected chi connectivity index (χ0v) is 12.0. The molecule has 1 unspecified atom stereocenters. The zero-order valence-electron chi connectivity index (χ0n) is 10.4. The number of sulfone groups is 1. The Hall–Kier alpha value is -0.910. The number of benzene rings is 1. The molecule has 2 rings (SSSR count). The number of nitrogens with two attached hydrogens (primary N) is 1. The molecule has 1 aromatic carbocycles. The summed E-state index contributed by atoms with van der Waals surface area (Å²) in [5.74, 6) is 0.0331. The molecule has 1 aromatic rings. The van der Waals surface area contributed by atoms with Crippen LogP contribution in [0.5, 0.6) is 0 Å². The molecule has 1 aliphatic carbocycles. The van der Waals surface area contributed by atoms with E-state index in [1.807, 2.05) is 0 Å². The molecule has 0 aromatic heterocycles. The van der Waals surface area contributed by atoms with Crippen molar-refractivity contribution >= 4 is 27.2 Å². The molecule has 104 valence electrons. The minimum atomic E-state index is -3.57. The van der Waals surface area contributed by atoms with Crippen molar-refractivity contribution in [3.05, 3.63) is 29.3 Å². The van der Waals surface area contributed by atoms with E-state index in [0.29, 0.717) is 30.7 Å². The normalized spacial score (nSPS) is 19.4. The van der Waals surface area contributed by atoms with Gasteiger partial charge in [-0.15, -0.1) is 0 Å². The summed E-state index contributed by atoms with van der Waals surface area (Å²) >= 11 is 5.74. The predicted molar refractivity (Wildman–Crippen MR) is 73.6 cm³/mol. The predicted octanol–water partition coefficient (Wildman–Crippen LogP) is 2.16. The standard InChI is InChI=1S/C13H16ClNO3S/c14-10-3-7-12(8-4-10)19(17,18)13(15)9-1-5-11(16)6-2-9/h3-4,7-9,13H,1-2,5-6,15H2. The molecule has 1 atom stereocenters. The third kappa shape index (κ3) is 3.16. The maximum Gasteiger partial charge on any atom is 0.194 e. The number of halogens is 1. The van der Waals surface area contributed by atoms with Crippen molar-refractivity contribution in [1.29, 1.82) is 0 Å². The fourth-order valence-corrected chi connectivity index (χ4v) is 4.06. The number of carbonyl (C=O) groups excluding carboxylic acids is 1. The summed E-state index contributed by atoms with van der Waals surface area (Å²) < 4.78 is 24.7. The Morgan fingerprint density at radius 2 is 1.68 bits per heavy atom. The Morgan fingerprint density at radius 3 is 2.21 bits per heavy atom. The lowest BCUT2D eigenvalue weighted by molar-refractivity contribution is -0.121. The average Bonchev–Trinajstić information content (AvgIpc) is 2.39. The molecule has 0 spiro atoms. The van der Waals surface area contributed by atoms with Gasteiger partial charge in [0.25, 0.3) is 0 Å². The number of hydrogen-bond donors (Lipinski definition) is 1. The average molecular weight is 302 g/mol. The lowest BCUT2D eigenvalue weighted by atomic mass is 9.88. The van der Waals surface area contributed by atoms with Gasteiger partial charge in [-0.2, -0.15) is 0 Å². The van der Waals surface area contributed by atoms with Crippen molar-refractivity contribution in [2.75, 3.05) is 0 Å². The first kappa shape index (κ1) is 14.5. The minimum absolute atomic E-state index is 0.154. The molecule has 1 fully saturated rings. The fourth-order valence-electron chi connectivity index (χ4n) is 2.33. The Labute approximate surface area is 117 Å². The van der Waals surface area contributed by atoms with Gasteiger partial charge in [0.2, 0.25) is 0 Å². The van der Waals surface area contributed by atoms with Crippen LogP contribution >= 0.6 is 11.6 Å². The topological polar surface area (TPSA) is 77.2 Å². The van der Waals surface area contributed by atoms with E-state index in [1.165, 1.54) is 24.3 Å². The third-order valence-electron chi connectivity index (χ3n) is 3.55. The number of carbonyl (C=O) groups is 1. The zero-order chi connectivity index (χ0) is 14.0. The molecule has 1 aliphatic rings. The molecule has 0 bridgehead atoms. The van der Waals surface area contributed by atoms with Crippen LogP contribution in [0.3, 0.4) is 0 Å². The highest BCUT2D eigenvalue weighted by atomic mass is 35.5. The summed E-state index contributed by atoms with van der Waals surface area (Å²) in [7, 11) is -3.57. The molecule has 2 N–H and O–H groups in total. The first-order chi connectivity index (χ1) is 8.91. The van der Waals surface area contributed by atoms with E-state index in [0.717, 1.165) is 0 Å². The van der Waals surface area contributed by atoms with Crippen LogP contribution in [0.25, 0.3) is 0 Å². The van der Waals surface area contributed by atoms with Gasteiger partial charge in [0.15, 0.2) is 9.84 Å². The van der Waals surface area contributed by atoms with Gasteiger partial charge in [0.1, 0.15) is 11.2 Å². The van der Waals surface area contributed by atoms with Crippen molar-refractivity contribution in [3.8, 4) is 0 Å². The number of Topliss-reactive ketones (excluding diaryl/α,β-unsaturated/α-hetero) is 1. The molecular formula is C13H16ClNO3S. The van der Waals surface area contributed by atoms with E-state index in [1.54, 1.807) is 0 Å². The second-order valence-electron chi connectivity index (χ2n) is 4.84.